The Hall–Kier alpha value is -1.10. The number of benzene rings is 1. The van der Waals surface area contributed by atoms with Crippen LogP contribution in [0.3, 0.4) is 0 Å². The SMILES string of the molecule is Cc1nc(-c2ccccc2)c(C(N)=O)s1.Cl.Cl. The van der Waals surface area contributed by atoms with Crippen LogP contribution in [0.4, 0.5) is 0 Å². The first kappa shape index (κ1) is 15.9. The molecule has 0 spiro atoms. The molecule has 6 heteroatoms. The first-order valence-corrected chi connectivity index (χ1v) is 5.33. The molecule has 0 aliphatic carbocycles. The molecule has 1 heterocycles. The third-order valence-electron chi connectivity index (χ3n) is 2.01. The van der Waals surface area contributed by atoms with Crippen molar-refractivity contribution in [2.24, 2.45) is 5.73 Å². The lowest BCUT2D eigenvalue weighted by Gasteiger charge is -1.97. The number of carbonyl (C=O) groups excluding carboxylic acids is 1. The molecule has 0 atom stereocenters. The molecule has 17 heavy (non-hydrogen) atoms. The summed E-state index contributed by atoms with van der Waals surface area (Å²) < 4.78 is 0. The van der Waals surface area contributed by atoms with Crippen LogP contribution in [0.5, 0.6) is 0 Å². The monoisotopic (exact) mass is 290 g/mol. The third kappa shape index (κ3) is 3.43. The van der Waals surface area contributed by atoms with Crippen molar-refractivity contribution in [1.82, 2.24) is 4.98 Å². The normalized spacial score (nSPS) is 9.00. The quantitative estimate of drug-likeness (QED) is 0.924. The molecule has 2 aromatic rings. The number of primary amides is 1. The van der Waals surface area contributed by atoms with E-state index in [1.54, 1.807) is 0 Å². The lowest BCUT2D eigenvalue weighted by molar-refractivity contribution is 0.100. The van der Waals surface area contributed by atoms with Crippen LogP contribution in [-0.4, -0.2) is 10.9 Å². The molecule has 0 fully saturated rings. The van der Waals surface area contributed by atoms with Crippen LogP contribution in [0, 0.1) is 6.92 Å². The largest absolute Gasteiger partial charge is 0.365 e. The van der Waals surface area contributed by atoms with E-state index in [-0.39, 0.29) is 24.8 Å². The number of aryl methyl sites for hydroxylation is 1. The molecule has 3 nitrogen and oxygen atoms in total. The standard InChI is InChI=1S/C11H10N2OS.2ClH/c1-7-13-9(10(15-7)11(12)14)8-5-3-2-4-6-8;;/h2-6H,1H3,(H2,12,14);2*1H. The Morgan fingerprint density at radius 1 is 1.24 bits per heavy atom. The van der Waals surface area contributed by atoms with Crippen molar-refractivity contribution >= 4 is 42.1 Å². The maximum atomic E-state index is 11.2. The van der Waals surface area contributed by atoms with Crippen LogP contribution in [0.25, 0.3) is 11.3 Å². The summed E-state index contributed by atoms with van der Waals surface area (Å²) in [5, 5.41) is 0.850. The van der Waals surface area contributed by atoms with Crippen LogP contribution in [0.15, 0.2) is 30.3 Å². The summed E-state index contributed by atoms with van der Waals surface area (Å²) in [6.45, 7) is 1.86. The predicted octanol–water partition coefficient (Wildman–Crippen LogP) is 3.06. The van der Waals surface area contributed by atoms with E-state index in [2.05, 4.69) is 4.98 Å². The Bertz CT molecular complexity index is 499. The summed E-state index contributed by atoms with van der Waals surface area (Å²) in [4.78, 5) is 16.0. The van der Waals surface area contributed by atoms with Crippen LogP contribution in [0.2, 0.25) is 0 Å². The fraction of sp³-hybridized carbons (Fsp3) is 0.0909. The number of aromatic nitrogens is 1. The zero-order valence-electron chi connectivity index (χ0n) is 9.04. The zero-order chi connectivity index (χ0) is 10.8. The molecule has 92 valence electrons. The Morgan fingerprint density at radius 2 is 1.82 bits per heavy atom. The molecule has 0 aliphatic heterocycles. The molecule has 1 aromatic carbocycles. The Morgan fingerprint density at radius 3 is 2.35 bits per heavy atom. The second-order valence-corrected chi connectivity index (χ2v) is 4.34. The van der Waals surface area contributed by atoms with Gasteiger partial charge < -0.3 is 5.73 Å². The summed E-state index contributed by atoms with van der Waals surface area (Å²) in [5.74, 6) is -0.417. The molecule has 0 saturated heterocycles. The molecule has 2 N–H and O–H groups in total. The van der Waals surface area contributed by atoms with E-state index in [0.29, 0.717) is 10.6 Å². The lowest BCUT2D eigenvalue weighted by Crippen LogP contribution is -2.10. The third-order valence-corrected chi connectivity index (χ3v) is 2.99. The molecule has 0 unspecified atom stereocenters. The van der Waals surface area contributed by atoms with Gasteiger partial charge in [-0.25, -0.2) is 4.98 Å². The number of rotatable bonds is 2. The van der Waals surface area contributed by atoms with Gasteiger partial charge in [0.25, 0.3) is 5.91 Å². The molecule has 2 rings (SSSR count). The van der Waals surface area contributed by atoms with E-state index in [1.807, 2.05) is 37.3 Å². The Balaban J connectivity index is 0.00000128. The number of amides is 1. The maximum absolute atomic E-state index is 11.2. The molecular formula is C11H12Cl2N2OS. The molecular weight excluding hydrogens is 279 g/mol. The topological polar surface area (TPSA) is 56.0 Å². The van der Waals surface area contributed by atoms with Crippen LogP contribution in [0.1, 0.15) is 14.7 Å². The van der Waals surface area contributed by atoms with Gasteiger partial charge in [0.15, 0.2) is 0 Å². The Labute approximate surface area is 116 Å². The van der Waals surface area contributed by atoms with Crippen LogP contribution in [-0.2, 0) is 0 Å². The number of hydrogen-bond donors (Lipinski definition) is 1. The average Bonchev–Trinajstić information content (AvgIpc) is 2.62. The highest BCUT2D eigenvalue weighted by Crippen LogP contribution is 2.27. The van der Waals surface area contributed by atoms with Gasteiger partial charge >= 0.3 is 0 Å². The number of halogens is 2. The summed E-state index contributed by atoms with van der Waals surface area (Å²) in [6.07, 6.45) is 0. The molecule has 0 bridgehead atoms. The second kappa shape index (κ2) is 6.59. The smallest absolute Gasteiger partial charge is 0.261 e. The second-order valence-electron chi connectivity index (χ2n) is 3.14. The van der Waals surface area contributed by atoms with Gasteiger partial charge in [-0.3, -0.25) is 4.79 Å². The van der Waals surface area contributed by atoms with Gasteiger partial charge in [-0.1, -0.05) is 30.3 Å². The van der Waals surface area contributed by atoms with Gasteiger partial charge in [-0.2, -0.15) is 0 Å². The van der Waals surface area contributed by atoms with Crippen molar-refractivity contribution in [3.63, 3.8) is 0 Å². The van der Waals surface area contributed by atoms with E-state index in [4.69, 9.17) is 5.73 Å². The number of nitrogens with zero attached hydrogens (tertiary/aromatic N) is 1. The number of thiazole rings is 1. The molecule has 0 radical (unpaired) electrons. The highest BCUT2D eigenvalue weighted by molar-refractivity contribution is 7.14. The van der Waals surface area contributed by atoms with Crippen LogP contribution >= 0.6 is 36.2 Å². The van der Waals surface area contributed by atoms with Gasteiger partial charge in [-0.15, -0.1) is 36.2 Å². The molecule has 1 aromatic heterocycles. The van der Waals surface area contributed by atoms with Crippen molar-refractivity contribution in [3.05, 3.63) is 40.2 Å². The molecule has 0 saturated carbocycles. The van der Waals surface area contributed by atoms with E-state index in [9.17, 15) is 4.79 Å². The summed E-state index contributed by atoms with van der Waals surface area (Å²) in [5.41, 5.74) is 6.91. The van der Waals surface area contributed by atoms with Crippen molar-refractivity contribution in [1.29, 1.82) is 0 Å². The highest BCUT2D eigenvalue weighted by atomic mass is 35.5. The number of hydrogen-bond acceptors (Lipinski definition) is 3. The minimum Gasteiger partial charge on any atom is -0.365 e. The summed E-state index contributed by atoms with van der Waals surface area (Å²) in [6, 6.07) is 9.58. The van der Waals surface area contributed by atoms with Crippen LogP contribution < -0.4 is 5.73 Å². The zero-order valence-corrected chi connectivity index (χ0v) is 11.5. The highest BCUT2D eigenvalue weighted by Gasteiger charge is 2.14. The number of nitrogens with two attached hydrogens (primary N) is 1. The Kier molecular flexibility index (Phi) is 6.16. The maximum Gasteiger partial charge on any atom is 0.261 e. The molecule has 0 aliphatic rings. The van der Waals surface area contributed by atoms with E-state index < -0.39 is 5.91 Å². The van der Waals surface area contributed by atoms with Crippen molar-refractivity contribution in [2.45, 2.75) is 6.92 Å². The van der Waals surface area contributed by atoms with Crippen molar-refractivity contribution < 1.29 is 4.79 Å². The first-order valence-electron chi connectivity index (χ1n) is 4.51. The van der Waals surface area contributed by atoms with Gasteiger partial charge in [-0.05, 0) is 6.92 Å². The van der Waals surface area contributed by atoms with Crippen molar-refractivity contribution in [2.75, 3.05) is 0 Å². The lowest BCUT2D eigenvalue weighted by atomic mass is 10.1. The minimum atomic E-state index is -0.417. The molecule has 1 amide bonds. The van der Waals surface area contributed by atoms with Gasteiger partial charge in [0, 0.05) is 5.56 Å². The minimum absolute atomic E-state index is 0. The number of carbonyl (C=O) groups is 1. The van der Waals surface area contributed by atoms with Gasteiger partial charge in [0.05, 0.1) is 10.7 Å². The summed E-state index contributed by atoms with van der Waals surface area (Å²) >= 11 is 1.33. The predicted molar refractivity (Wildman–Crippen MR) is 75.3 cm³/mol. The average molecular weight is 291 g/mol. The fourth-order valence-electron chi connectivity index (χ4n) is 1.39. The van der Waals surface area contributed by atoms with E-state index >= 15 is 0 Å². The fourth-order valence-corrected chi connectivity index (χ4v) is 2.18. The van der Waals surface area contributed by atoms with E-state index in [0.717, 1.165) is 10.6 Å². The first-order chi connectivity index (χ1) is 7.18. The van der Waals surface area contributed by atoms with Gasteiger partial charge in [0.1, 0.15) is 4.88 Å². The van der Waals surface area contributed by atoms with Gasteiger partial charge in [0.2, 0.25) is 0 Å². The summed E-state index contributed by atoms with van der Waals surface area (Å²) in [7, 11) is 0. The van der Waals surface area contributed by atoms with E-state index in [1.165, 1.54) is 11.3 Å². The van der Waals surface area contributed by atoms with Crippen molar-refractivity contribution in [3.8, 4) is 11.3 Å².